The maximum Gasteiger partial charge on any atom is 0.0546 e. The molecular weight excluding hydrogens is 212 g/mol. The Hall–Kier alpha value is -0.120. The Balaban J connectivity index is 2.58. The van der Waals surface area contributed by atoms with Crippen LogP contribution in [0.4, 0.5) is 0 Å². The highest BCUT2D eigenvalue weighted by molar-refractivity contribution is 4.87. The average molecular weight is 242 g/mol. The second kappa shape index (κ2) is 7.34. The van der Waals surface area contributed by atoms with Gasteiger partial charge in [0.2, 0.25) is 0 Å². The van der Waals surface area contributed by atoms with Gasteiger partial charge in [-0.05, 0) is 39.8 Å². The highest BCUT2D eigenvalue weighted by atomic mass is 16.5. The van der Waals surface area contributed by atoms with Crippen LogP contribution < -0.4 is 5.32 Å². The maximum absolute atomic E-state index is 5.72. The van der Waals surface area contributed by atoms with Crippen molar-refractivity contribution in [1.29, 1.82) is 0 Å². The molecule has 1 fully saturated rings. The van der Waals surface area contributed by atoms with Crippen molar-refractivity contribution >= 4 is 0 Å². The molecule has 1 rings (SSSR count). The second-order valence-electron chi connectivity index (χ2n) is 5.57. The van der Waals surface area contributed by atoms with Crippen molar-refractivity contribution in [1.82, 2.24) is 10.2 Å². The third kappa shape index (κ3) is 4.23. The van der Waals surface area contributed by atoms with Gasteiger partial charge in [-0.25, -0.2) is 0 Å². The first-order valence-corrected chi connectivity index (χ1v) is 7.10. The summed E-state index contributed by atoms with van der Waals surface area (Å²) in [6.07, 6.45) is 4.98. The van der Waals surface area contributed by atoms with Gasteiger partial charge in [0, 0.05) is 31.2 Å². The summed E-state index contributed by atoms with van der Waals surface area (Å²) in [7, 11) is 4.32. The number of hydrogen-bond acceptors (Lipinski definition) is 3. The molecule has 1 N–H and O–H groups in total. The fourth-order valence-electron chi connectivity index (χ4n) is 3.18. The Morgan fingerprint density at radius 3 is 2.53 bits per heavy atom. The standard InChI is InChI=1S/C14H30N2O/c1-5-13(6-2)16(4)11-14(10-15-3)8-7-9-17-12-14/h13,15H,5-12H2,1-4H3. The van der Waals surface area contributed by atoms with Gasteiger partial charge < -0.3 is 15.0 Å². The second-order valence-corrected chi connectivity index (χ2v) is 5.57. The fourth-order valence-corrected chi connectivity index (χ4v) is 3.18. The van der Waals surface area contributed by atoms with Crippen LogP contribution in [0.15, 0.2) is 0 Å². The van der Waals surface area contributed by atoms with Crippen LogP contribution in [-0.2, 0) is 4.74 Å². The van der Waals surface area contributed by atoms with E-state index in [0.29, 0.717) is 11.5 Å². The fraction of sp³-hybridized carbons (Fsp3) is 1.00. The molecule has 3 heteroatoms. The Labute approximate surface area is 107 Å². The summed E-state index contributed by atoms with van der Waals surface area (Å²) in [6.45, 7) is 8.65. The number of rotatable bonds is 7. The normalized spacial score (nSPS) is 25.8. The van der Waals surface area contributed by atoms with Crippen LogP contribution >= 0.6 is 0 Å². The van der Waals surface area contributed by atoms with E-state index in [2.05, 4.69) is 31.1 Å². The topological polar surface area (TPSA) is 24.5 Å². The van der Waals surface area contributed by atoms with Crippen molar-refractivity contribution < 1.29 is 4.74 Å². The molecule has 0 saturated carbocycles. The van der Waals surface area contributed by atoms with Gasteiger partial charge in [0.25, 0.3) is 0 Å². The van der Waals surface area contributed by atoms with Crippen LogP contribution in [0.25, 0.3) is 0 Å². The maximum atomic E-state index is 5.72. The molecule has 1 saturated heterocycles. The Kier molecular flexibility index (Phi) is 6.45. The smallest absolute Gasteiger partial charge is 0.0546 e. The molecule has 1 aliphatic heterocycles. The Morgan fingerprint density at radius 2 is 2.06 bits per heavy atom. The number of nitrogens with zero attached hydrogens (tertiary/aromatic N) is 1. The first-order valence-electron chi connectivity index (χ1n) is 7.10. The van der Waals surface area contributed by atoms with Crippen LogP contribution in [0, 0.1) is 5.41 Å². The number of ether oxygens (including phenoxy) is 1. The molecule has 3 nitrogen and oxygen atoms in total. The van der Waals surface area contributed by atoms with Crippen molar-refractivity contribution in [2.24, 2.45) is 5.41 Å². The molecule has 1 unspecified atom stereocenters. The van der Waals surface area contributed by atoms with E-state index in [9.17, 15) is 0 Å². The lowest BCUT2D eigenvalue weighted by Crippen LogP contribution is -2.49. The summed E-state index contributed by atoms with van der Waals surface area (Å²) in [5.74, 6) is 0. The molecular formula is C14H30N2O. The van der Waals surface area contributed by atoms with E-state index >= 15 is 0 Å². The van der Waals surface area contributed by atoms with E-state index < -0.39 is 0 Å². The third-order valence-electron chi connectivity index (χ3n) is 4.11. The zero-order valence-corrected chi connectivity index (χ0v) is 12.1. The highest BCUT2D eigenvalue weighted by Gasteiger charge is 2.34. The SMILES string of the molecule is CCC(CC)N(C)CC1(CNC)CCCOC1. The zero-order valence-electron chi connectivity index (χ0n) is 12.1. The van der Waals surface area contributed by atoms with Crippen LogP contribution in [0.1, 0.15) is 39.5 Å². The van der Waals surface area contributed by atoms with E-state index in [-0.39, 0.29) is 0 Å². The average Bonchev–Trinajstić information content (AvgIpc) is 2.31. The van der Waals surface area contributed by atoms with Crippen molar-refractivity contribution in [3.8, 4) is 0 Å². The minimum Gasteiger partial charge on any atom is -0.381 e. The quantitative estimate of drug-likeness (QED) is 0.740. The minimum atomic E-state index is 0.324. The van der Waals surface area contributed by atoms with Crippen LogP contribution in [-0.4, -0.2) is 51.3 Å². The summed E-state index contributed by atoms with van der Waals surface area (Å²) in [6, 6.07) is 0.714. The highest BCUT2D eigenvalue weighted by Crippen LogP contribution is 2.29. The molecule has 0 aliphatic carbocycles. The van der Waals surface area contributed by atoms with E-state index in [0.717, 1.165) is 26.3 Å². The first-order chi connectivity index (χ1) is 8.17. The van der Waals surface area contributed by atoms with Gasteiger partial charge in [-0.15, -0.1) is 0 Å². The van der Waals surface area contributed by atoms with Crippen molar-refractivity contribution in [2.45, 2.75) is 45.6 Å². The molecule has 1 atom stereocenters. The van der Waals surface area contributed by atoms with Gasteiger partial charge in [0.1, 0.15) is 0 Å². The molecule has 1 aliphatic rings. The molecule has 102 valence electrons. The van der Waals surface area contributed by atoms with E-state index in [1.165, 1.54) is 25.7 Å². The third-order valence-corrected chi connectivity index (χ3v) is 4.11. The van der Waals surface area contributed by atoms with Gasteiger partial charge in [0.15, 0.2) is 0 Å². The van der Waals surface area contributed by atoms with Gasteiger partial charge in [-0.3, -0.25) is 0 Å². The Bertz CT molecular complexity index is 193. The molecule has 0 aromatic heterocycles. The molecule has 17 heavy (non-hydrogen) atoms. The summed E-state index contributed by atoms with van der Waals surface area (Å²) in [4.78, 5) is 2.53. The number of hydrogen-bond donors (Lipinski definition) is 1. The molecule has 0 bridgehead atoms. The molecule has 0 spiro atoms. The molecule has 0 amide bonds. The van der Waals surface area contributed by atoms with Crippen molar-refractivity contribution in [3.05, 3.63) is 0 Å². The monoisotopic (exact) mass is 242 g/mol. The van der Waals surface area contributed by atoms with Crippen molar-refractivity contribution in [3.63, 3.8) is 0 Å². The summed E-state index contributed by atoms with van der Waals surface area (Å²) < 4.78 is 5.72. The summed E-state index contributed by atoms with van der Waals surface area (Å²) >= 11 is 0. The summed E-state index contributed by atoms with van der Waals surface area (Å²) in [5.41, 5.74) is 0.324. The van der Waals surface area contributed by atoms with Gasteiger partial charge in [0.05, 0.1) is 6.61 Å². The predicted octanol–water partition coefficient (Wildman–Crippen LogP) is 2.12. The van der Waals surface area contributed by atoms with E-state index in [1.54, 1.807) is 0 Å². The molecule has 0 radical (unpaired) electrons. The van der Waals surface area contributed by atoms with Crippen LogP contribution in [0.5, 0.6) is 0 Å². The van der Waals surface area contributed by atoms with Crippen LogP contribution in [0.3, 0.4) is 0 Å². The predicted molar refractivity (Wildman–Crippen MR) is 73.4 cm³/mol. The lowest BCUT2D eigenvalue weighted by Gasteiger charge is -2.41. The summed E-state index contributed by atoms with van der Waals surface area (Å²) in [5, 5.41) is 3.35. The number of nitrogens with one attached hydrogen (secondary N) is 1. The molecule has 1 heterocycles. The van der Waals surface area contributed by atoms with Crippen LogP contribution in [0.2, 0.25) is 0 Å². The van der Waals surface area contributed by atoms with Gasteiger partial charge in [-0.2, -0.15) is 0 Å². The lowest BCUT2D eigenvalue weighted by molar-refractivity contribution is -0.0279. The van der Waals surface area contributed by atoms with Gasteiger partial charge >= 0.3 is 0 Å². The van der Waals surface area contributed by atoms with Crippen molar-refractivity contribution in [2.75, 3.05) is 40.4 Å². The van der Waals surface area contributed by atoms with Gasteiger partial charge in [-0.1, -0.05) is 13.8 Å². The molecule has 0 aromatic carbocycles. The molecule has 0 aromatic rings. The van der Waals surface area contributed by atoms with E-state index in [4.69, 9.17) is 4.74 Å². The Morgan fingerprint density at radius 1 is 1.35 bits per heavy atom. The minimum absolute atomic E-state index is 0.324. The first kappa shape index (κ1) is 14.9. The largest absolute Gasteiger partial charge is 0.381 e. The lowest BCUT2D eigenvalue weighted by atomic mass is 9.81. The van der Waals surface area contributed by atoms with E-state index in [1.807, 2.05) is 7.05 Å². The zero-order chi connectivity index (χ0) is 12.7.